The number of carbonyl (C=O) groups is 1. The standard InChI is InChI=1S/C14H11F3N2OS/c1-6-4-10(14(18)20)19-5-7(6)13(21)11-8(15)2-3-9(16)12(11)17/h2-5,13,21H,1H3,(H2,18,20). The van der Waals surface area contributed by atoms with E-state index in [1.807, 2.05) is 0 Å². The molecule has 1 aromatic heterocycles. The number of pyridine rings is 1. The van der Waals surface area contributed by atoms with E-state index in [1.165, 1.54) is 12.3 Å². The van der Waals surface area contributed by atoms with Crippen LogP contribution in [0.15, 0.2) is 24.4 Å². The number of carbonyl (C=O) groups excluding carboxylic acids is 1. The molecule has 2 aromatic rings. The molecular formula is C14H11F3N2OS. The lowest BCUT2D eigenvalue weighted by Crippen LogP contribution is -2.14. The predicted octanol–water partition coefficient (Wildman–Crippen LogP) is 2.93. The number of hydrogen-bond acceptors (Lipinski definition) is 3. The van der Waals surface area contributed by atoms with Crippen LogP contribution in [0.2, 0.25) is 0 Å². The average Bonchev–Trinajstić information content (AvgIpc) is 2.43. The van der Waals surface area contributed by atoms with Crippen LogP contribution in [0, 0.1) is 24.4 Å². The Morgan fingerprint density at radius 2 is 1.90 bits per heavy atom. The maximum atomic E-state index is 13.8. The first-order chi connectivity index (χ1) is 9.82. The Balaban J connectivity index is 2.53. The van der Waals surface area contributed by atoms with Crippen LogP contribution in [-0.2, 0) is 0 Å². The quantitative estimate of drug-likeness (QED) is 0.676. The monoisotopic (exact) mass is 312 g/mol. The number of hydrogen-bond donors (Lipinski definition) is 2. The maximum Gasteiger partial charge on any atom is 0.267 e. The molecule has 0 saturated heterocycles. The number of benzene rings is 1. The van der Waals surface area contributed by atoms with E-state index in [4.69, 9.17) is 5.73 Å². The normalized spacial score (nSPS) is 12.2. The SMILES string of the molecule is Cc1cc(C(N)=O)ncc1C(S)c1c(F)ccc(F)c1F. The number of rotatable bonds is 3. The zero-order valence-electron chi connectivity index (χ0n) is 10.9. The molecule has 1 atom stereocenters. The Morgan fingerprint density at radius 3 is 2.48 bits per heavy atom. The molecule has 1 unspecified atom stereocenters. The van der Waals surface area contributed by atoms with Gasteiger partial charge < -0.3 is 5.73 Å². The number of amides is 1. The van der Waals surface area contributed by atoms with Gasteiger partial charge >= 0.3 is 0 Å². The molecule has 21 heavy (non-hydrogen) atoms. The number of primary amides is 1. The predicted molar refractivity (Wildman–Crippen MR) is 74.6 cm³/mol. The third-order valence-electron chi connectivity index (χ3n) is 3.05. The molecule has 0 fully saturated rings. The van der Waals surface area contributed by atoms with E-state index < -0.39 is 34.2 Å². The van der Waals surface area contributed by atoms with Gasteiger partial charge in [0.1, 0.15) is 11.5 Å². The first-order valence-corrected chi connectivity index (χ1v) is 6.42. The van der Waals surface area contributed by atoms with Crippen LogP contribution in [0.5, 0.6) is 0 Å². The van der Waals surface area contributed by atoms with Crippen molar-refractivity contribution in [1.29, 1.82) is 0 Å². The number of aromatic nitrogens is 1. The second kappa shape index (κ2) is 5.77. The fourth-order valence-electron chi connectivity index (χ4n) is 1.94. The van der Waals surface area contributed by atoms with Crippen LogP contribution in [0.1, 0.15) is 32.4 Å². The largest absolute Gasteiger partial charge is 0.364 e. The molecule has 0 spiro atoms. The van der Waals surface area contributed by atoms with Crippen LogP contribution in [0.4, 0.5) is 13.2 Å². The van der Waals surface area contributed by atoms with Crippen molar-refractivity contribution >= 4 is 18.5 Å². The molecule has 0 bridgehead atoms. The second-order valence-corrected chi connectivity index (χ2v) is 4.97. The molecule has 1 amide bonds. The summed E-state index contributed by atoms with van der Waals surface area (Å²) in [4.78, 5) is 14.8. The molecule has 3 nitrogen and oxygen atoms in total. The van der Waals surface area contributed by atoms with Gasteiger partial charge in [-0.3, -0.25) is 9.78 Å². The minimum Gasteiger partial charge on any atom is -0.364 e. The van der Waals surface area contributed by atoms with Gasteiger partial charge in [-0.1, -0.05) is 0 Å². The van der Waals surface area contributed by atoms with E-state index in [0.29, 0.717) is 17.2 Å². The summed E-state index contributed by atoms with van der Waals surface area (Å²) in [6, 6.07) is 2.92. The summed E-state index contributed by atoms with van der Waals surface area (Å²) in [5.41, 5.74) is 5.49. The van der Waals surface area contributed by atoms with Crippen LogP contribution >= 0.6 is 12.6 Å². The second-order valence-electron chi connectivity index (χ2n) is 4.45. The van der Waals surface area contributed by atoms with Crippen LogP contribution in [-0.4, -0.2) is 10.9 Å². The molecule has 2 rings (SSSR count). The van der Waals surface area contributed by atoms with Gasteiger partial charge in [-0.05, 0) is 36.2 Å². The average molecular weight is 312 g/mol. The topological polar surface area (TPSA) is 56.0 Å². The van der Waals surface area contributed by atoms with Gasteiger partial charge in [0.25, 0.3) is 5.91 Å². The maximum absolute atomic E-state index is 13.8. The Kier molecular flexibility index (Phi) is 4.22. The fraction of sp³-hybridized carbons (Fsp3) is 0.143. The van der Waals surface area contributed by atoms with E-state index in [0.717, 1.165) is 6.07 Å². The van der Waals surface area contributed by atoms with E-state index in [1.54, 1.807) is 6.92 Å². The molecule has 1 aromatic carbocycles. The van der Waals surface area contributed by atoms with Crippen molar-refractivity contribution in [3.05, 3.63) is 64.2 Å². The summed E-state index contributed by atoms with van der Waals surface area (Å²) in [5, 5.41) is -1.06. The van der Waals surface area contributed by atoms with Gasteiger partial charge in [0.15, 0.2) is 11.6 Å². The van der Waals surface area contributed by atoms with Crippen LogP contribution < -0.4 is 5.73 Å². The van der Waals surface area contributed by atoms with Crippen molar-refractivity contribution in [3.63, 3.8) is 0 Å². The third kappa shape index (κ3) is 2.87. The van der Waals surface area contributed by atoms with Crippen LogP contribution in [0.25, 0.3) is 0 Å². The van der Waals surface area contributed by atoms with E-state index in [9.17, 15) is 18.0 Å². The highest BCUT2D eigenvalue weighted by Gasteiger charge is 2.23. The number of nitrogens with zero attached hydrogens (tertiary/aromatic N) is 1. The summed E-state index contributed by atoms with van der Waals surface area (Å²) in [5.74, 6) is -4.09. The first-order valence-electron chi connectivity index (χ1n) is 5.90. The Labute approximate surface area is 124 Å². The third-order valence-corrected chi connectivity index (χ3v) is 3.59. The van der Waals surface area contributed by atoms with Gasteiger partial charge in [-0.25, -0.2) is 13.2 Å². The van der Waals surface area contributed by atoms with Crippen molar-refractivity contribution in [2.24, 2.45) is 5.73 Å². The highest BCUT2D eigenvalue weighted by atomic mass is 32.1. The lowest BCUT2D eigenvalue weighted by molar-refractivity contribution is 0.0995. The van der Waals surface area contributed by atoms with Crippen molar-refractivity contribution in [2.75, 3.05) is 0 Å². The lowest BCUT2D eigenvalue weighted by Gasteiger charge is -2.16. The number of aryl methyl sites for hydroxylation is 1. The van der Waals surface area contributed by atoms with Gasteiger partial charge in [-0.15, -0.1) is 0 Å². The molecule has 2 N–H and O–H groups in total. The van der Waals surface area contributed by atoms with Crippen molar-refractivity contribution in [3.8, 4) is 0 Å². The lowest BCUT2D eigenvalue weighted by atomic mass is 10.00. The van der Waals surface area contributed by atoms with Gasteiger partial charge in [0.05, 0.1) is 5.25 Å². The summed E-state index contributed by atoms with van der Waals surface area (Å²) >= 11 is 4.15. The van der Waals surface area contributed by atoms with Crippen molar-refractivity contribution in [2.45, 2.75) is 12.2 Å². The zero-order chi connectivity index (χ0) is 15.7. The molecule has 0 aliphatic rings. The molecular weight excluding hydrogens is 301 g/mol. The molecule has 0 saturated carbocycles. The van der Waals surface area contributed by atoms with Crippen molar-refractivity contribution in [1.82, 2.24) is 4.98 Å². The highest BCUT2D eigenvalue weighted by Crippen LogP contribution is 2.34. The van der Waals surface area contributed by atoms with E-state index >= 15 is 0 Å². The Bertz CT molecular complexity index is 722. The Hall–Kier alpha value is -2.02. The molecule has 0 aliphatic carbocycles. The fourth-order valence-corrected chi connectivity index (χ4v) is 2.44. The molecule has 0 radical (unpaired) electrons. The summed E-state index contributed by atoms with van der Waals surface area (Å²) < 4.78 is 40.8. The molecule has 7 heteroatoms. The smallest absolute Gasteiger partial charge is 0.267 e. The molecule has 0 aliphatic heterocycles. The number of halogens is 3. The summed E-state index contributed by atoms with van der Waals surface area (Å²) in [7, 11) is 0. The van der Waals surface area contributed by atoms with Gasteiger partial charge in [0.2, 0.25) is 0 Å². The summed E-state index contributed by atoms with van der Waals surface area (Å²) in [6.45, 7) is 1.61. The van der Waals surface area contributed by atoms with Crippen molar-refractivity contribution < 1.29 is 18.0 Å². The van der Waals surface area contributed by atoms with Gasteiger partial charge in [0, 0.05) is 11.8 Å². The molecule has 110 valence electrons. The first kappa shape index (κ1) is 15.4. The minimum atomic E-state index is -1.30. The number of nitrogens with two attached hydrogens (primary N) is 1. The zero-order valence-corrected chi connectivity index (χ0v) is 11.8. The number of thiol groups is 1. The minimum absolute atomic E-state index is 0.0250. The Morgan fingerprint density at radius 1 is 1.29 bits per heavy atom. The molecule has 1 heterocycles. The van der Waals surface area contributed by atoms with Crippen LogP contribution in [0.3, 0.4) is 0 Å². The van der Waals surface area contributed by atoms with E-state index in [2.05, 4.69) is 17.6 Å². The van der Waals surface area contributed by atoms with Gasteiger partial charge in [-0.2, -0.15) is 12.6 Å². The summed E-state index contributed by atoms with van der Waals surface area (Å²) in [6.07, 6.45) is 1.25. The highest BCUT2D eigenvalue weighted by molar-refractivity contribution is 7.80. The van der Waals surface area contributed by atoms with E-state index in [-0.39, 0.29) is 5.69 Å².